The number of hydrogen-bond donors (Lipinski definition) is 1. The summed E-state index contributed by atoms with van der Waals surface area (Å²) in [6.45, 7) is 1.95. The van der Waals surface area contributed by atoms with Gasteiger partial charge in [-0.15, -0.1) is 0 Å². The molecule has 4 nitrogen and oxygen atoms in total. The van der Waals surface area contributed by atoms with Gasteiger partial charge in [-0.1, -0.05) is 24.3 Å². The van der Waals surface area contributed by atoms with Gasteiger partial charge in [-0.2, -0.15) is 5.26 Å². The standard InChI is InChI=1S/C20H16N2O2/c1-13-5-3-4-6-14(13)9-15(11-21)20(23)18-12-22-19-8-7-16(24-2)10-17(18)19/h3-10,12,22H,1-2H3/b15-9+. The number of aryl methyl sites for hydroxylation is 1. The Morgan fingerprint density at radius 1 is 1.25 bits per heavy atom. The van der Waals surface area contributed by atoms with Gasteiger partial charge in [0, 0.05) is 22.7 Å². The third kappa shape index (κ3) is 2.80. The highest BCUT2D eigenvalue weighted by molar-refractivity contribution is 6.20. The highest BCUT2D eigenvalue weighted by Crippen LogP contribution is 2.26. The van der Waals surface area contributed by atoms with E-state index in [-0.39, 0.29) is 11.4 Å². The fraction of sp³-hybridized carbons (Fsp3) is 0.100. The van der Waals surface area contributed by atoms with E-state index in [4.69, 9.17) is 4.74 Å². The molecule has 0 saturated heterocycles. The highest BCUT2D eigenvalue weighted by Gasteiger charge is 2.17. The summed E-state index contributed by atoms with van der Waals surface area (Å²) in [6, 6.07) is 15.1. The van der Waals surface area contributed by atoms with Crippen LogP contribution in [0.15, 0.2) is 54.2 Å². The summed E-state index contributed by atoms with van der Waals surface area (Å²) in [7, 11) is 1.58. The number of aromatic nitrogens is 1. The molecule has 0 amide bonds. The molecule has 0 unspecified atom stereocenters. The van der Waals surface area contributed by atoms with E-state index in [1.54, 1.807) is 25.4 Å². The second kappa shape index (κ2) is 6.43. The Labute approximate surface area is 140 Å². The molecule has 3 rings (SSSR count). The predicted octanol–water partition coefficient (Wildman–Crippen LogP) is 4.27. The number of nitrogens with zero attached hydrogens (tertiary/aromatic N) is 1. The number of Topliss-reactive ketones (excluding diaryl/α,β-unsaturated/α-hetero) is 1. The minimum absolute atomic E-state index is 0.105. The van der Waals surface area contributed by atoms with Crippen LogP contribution in [0.3, 0.4) is 0 Å². The van der Waals surface area contributed by atoms with Crippen molar-refractivity contribution in [3.8, 4) is 11.8 Å². The third-order valence-electron chi connectivity index (χ3n) is 3.99. The predicted molar refractivity (Wildman–Crippen MR) is 94.0 cm³/mol. The van der Waals surface area contributed by atoms with Gasteiger partial charge in [-0.25, -0.2) is 0 Å². The molecule has 0 aliphatic rings. The number of allylic oxidation sites excluding steroid dienone is 1. The largest absolute Gasteiger partial charge is 0.497 e. The fourth-order valence-electron chi connectivity index (χ4n) is 2.61. The van der Waals surface area contributed by atoms with Crippen LogP contribution in [-0.4, -0.2) is 17.9 Å². The zero-order chi connectivity index (χ0) is 17.1. The summed E-state index contributed by atoms with van der Waals surface area (Å²) in [4.78, 5) is 15.9. The number of ether oxygens (including phenoxy) is 1. The smallest absolute Gasteiger partial charge is 0.205 e. The quantitative estimate of drug-likeness (QED) is 0.444. The molecule has 4 heteroatoms. The number of carbonyl (C=O) groups is 1. The molecule has 1 aromatic heterocycles. The molecule has 0 saturated carbocycles. The van der Waals surface area contributed by atoms with Crippen molar-refractivity contribution in [2.75, 3.05) is 7.11 Å². The van der Waals surface area contributed by atoms with E-state index in [0.29, 0.717) is 11.3 Å². The van der Waals surface area contributed by atoms with Crippen molar-refractivity contribution in [1.29, 1.82) is 5.26 Å². The molecule has 3 aromatic rings. The molecule has 118 valence electrons. The van der Waals surface area contributed by atoms with Crippen molar-refractivity contribution in [2.24, 2.45) is 0 Å². The number of ketones is 1. The van der Waals surface area contributed by atoms with Crippen LogP contribution in [0.1, 0.15) is 21.5 Å². The van der Waals surface area contributed by atoms with Gasteiger partial charge in [0.1, 0.15) is 17.4 Å². The van der Waals surface area contributed by atoms with Crippen LogP contribution in [0.2, 0.25) is 0 Å². The summed E-state index contributed by atoms with van der Waals surface area (Å²) in [5.74, 6) is 0.359. The van der Waals surface area contributed by atoms with Crippen LogP contribution in [0.5, 0.6) is 5.75 Å². The first-order valence-corrected chi connectivity index (χ1v) is 7.51. The van der Waals surface area contributed by atoms with Crippen LogP contribution >= 0.6 is 0 Å². The number of fused-ring (bicyclic) bond motifs is 1. The first kappa shape index (κ1) is 15.6. The molecule has 0 spiro atoms. The molecule has 0 aliphatic heterocycles. The second-order valence-electron chi connectivity index (χ2n) is 5.47. The SMILES string of the molecule is COc1ccc2[nH]cc(C(=O)/C(C#N)=C/c3ccccc3C)c2c1. The van der Waals surface area contributed by atoms with Gasteiger partial charge < -0.3 is 9.72 Å². The van der Waals surface area contributed by atoms with Crippen LogP contribution in [0.25, 0.3) is 17.0 Å². The average molecular weight is 316 g/mol. The van der Waals surface area contributed by atoms with E-state index in [2.05, 4.69) is 4.98 Å². The van der Waals surface area contributed by atoms with Gasteiger partial charge in [-0.3, -0.25) is 4.79 Å². The summed E-state index contributed by atoms with van der Waals surface area (Å²) < 4.78 is 5.22. The van der Waals surface area contributed by atoms with E-state index in [9.17, 15) is 10.1 Å². The minimum Gasteiger partial charge on any atom is -0.497 e. The van der Waals surface area contributed by atoms with Crippen molar-refractivity contribution in [2.45, 2.75) is 6.92 Å². The first-order chi connectivity index (χ1) is 11.6. The number of hydrogen-bond acceptors (Lipinski definition) is 3. The molecule has 0 bridgehead atoms. The van der Waals surface area contributed by atoms with E-state index >= 15 is 0 Å². The van der Waals surface area contributed by atoms with Crippen LogP contribution in [0.4, 0.5) is 0 Å². The molecular weight excluding hydrogens is 300 g/mol. The van der Waals surface area contributed by atoms with Crippen molar-refractivity contribution in [1.82, 2.24) is 4.98 Å². The number of nitrogens with one attached hydrogen (secondary N) is 1. The lowest BCUT2D eigenvalue weighted by Gasteiger charge is -2.03. The number of benzene rings is 2. The number of nitriles is 1. The monoisotopic (exact) mass is 316 g/mol. The molecular formula is C20H16N2O2. The van der Waals surface area contributed by atoms with E-state index in [1.807, 2.05) is 49.4 Å². The van der Waals surface area contributed by atoms with Crippen molar-refractivity contribution in [3.05, 3.63) is 70.9 Å². The molecule has 2 aromatic carbocycles. The molecule has 0 fully saturated rings. The summed E-state index contributed by atoms with van der Waals surface area (Å²) >= 11 is 0. The Morgan fingerprint density at radius 3 is 2.75 bits per heavy atom. The molecule has 0 atom stereocenters. The van der Waals surface area contributed by atoms with Crippen molar-refractivity contribution < 1.29 is 9.53 Å². The number of rotatable bonds is 4. The average Bonchev–Trinajstić information content (AvgIpc) is 3.03. The Hall–Kier alpha value is -3.32. The fourth-order valence-corrected chi connectivity index (χ4v) is 2.61. The molecule has 0 aliphatic carbocycles. The summed E-state index contributed by atoms with van der Waals surface area (Å²) in [5, 5.41) is 10.2. The Bertz CT molecular complexity index is 990. The van der Waals surface area contributed by atoms with Gasteiger partial charge in [0.2, 0.25) is 5.78 Å². The van der Waals surface area contributed by atoms with Crippen LogP contribution in [0, 0.1) is 18.3 Å². The lowest BCUT2D eigenvalue weighted by Crippen LogP contribution is -2.01. The number of aromatic amines is 1. The Balaban J connectivity index is 2.07. The topological polar surface area (TPSA) is 65.9 Å². The normalized spacial score (nSPS) is 11.3. The number of methoxy groups -OCH3 is 1. The maximum atomic E-state index is 12.8. The lowest BCUT2D eigenvalue weighted by molar-refractivity contribution is 0.104. The van der Waals surface area contributed by atoms with Gasteiger partial charge in [0.05, 0.1) is 7.11 Å². The van der Waals surface area contributed by atoms with Crippen molar-refractivity contribution in [3.63, 3.8) is 0 Å². The lowest BCUT2D eigenvalue weighted by atomic mass is 9.99. The van der Waals surface area contributed by atoms with E-state index < -0.39 is 0 Å². The first-order valence-electron chi connectivity index (χ1n) is 7.51. The van der Waals surface area contributed by atoms with Gasteiger partial charge >= 0.3 is 0 Å². The molecule has 1 N–H and O–H groups in total. The zero-order valence-electron chi connectivity index (χ0n) is 13.5. The molecule has 0 radical (unpaired) electrons. The van der Waals surface area contributed by atoms with E-state index in [0.717, 1.165) is 22.0 Å². The molecule has 1 heterocycles. The maximum absolute atomic E-state index is 12.8. The van der Waals surface area contributed by atoms with Gasteiger partial charge in [-0.05, 0) is 42.3 Å². The highest BCUT2D eigenvalue weighted by atomic mass is 16.5. The maximum Gasteiger partial charge on any atom is 0.205 e. The number of H-pyrrole nitrogens is 1. The zero-order valence-corrected chi connectivity index (χ0v) is 13.5. The van der Waals surface area contributed by atoms with Crippen molar-refractivity contribution >= 4 is 22.8 Å². The van der Waals surface area contributed by atoms with Gasteiger partial charge in [0.15, 0.2) is 0 Å². The van der Waals surface area contributed by atoms with E-state index in [1.165, 1.54) is 0 Å². The third-order valence-corrected chi connectivity index (χ3v) is 3.99. The van der Waals surface area contributed by atoms with Crippen LogP contribution < -0.4 is 4.74 Å². The molecule has 24 heavy (non-hydrogen) atoms. The van der Waals surface area contributed by atoms with Crippen LogP contribution in [-0.2, 0) is 0 Å². The summed E-state index contributed by atoms with van der Waals surface area (Å²) in [6.07, 6.45) is 3.27. The summed E-state index contributed by atoms with van der Waals surface area (Å²) in [5.41, 5.74) is 3.27. The Morgan fingerprint density at radius 2 is 2.04 bits per heavy atom. The Kier molecular flexibility index (Phi) is 4.17. The second-order valence-corrected chi connectivity index (χ2v) is 5.47. The van der Waals surface area contributed by atoms with Gasteiger partial charge in [0.25, 0.3) is 0 Å². The minimum atomic E-state index is -0.305. The number of carbonyl (C=O) groups excluding carboxylic acids is 1.